The van der Waals surface area contributed by atoms with Crippen LogP contribution in [0.1, 0.15) is 38.5 Å². The van der Waals surface area contributed by atoms with E-state index < -0.39 is 0 Å². The largest absolute Gasteiger partial charge is 0.452 e. The Morgan fingerprint density at radius 3 is 2.02 bits per heavy atom. The minimum atomic E-state index is 0.166. The minimum Gasteiger partial charge on any atom is -0.452 e. The molecular weight excluding hydrogens is 621 g/mol. The summed E-state index contributed by atoms with van der Waals surface area (Å²) in [4.78, 5) is 2.79. The number of ether oxygens (including phenoxy) is 1. The van der Waals surface area contributed by atoms with E-state index in [2.05, 4.69) is 149 Å². The van der Waals surface area contributed by atoms with Crippen molar-refractivity contribution >= 4 is 54.7 Å². The summed E-state index contributed by atoms with van der Waals surface area (Å²) in [5, 5.41) is 7.77. The van der Waals surface area contributed by atoms with E-state index >= 15 is 0 Å². The molecule has 0 radical (unpaired) electrons. The van der Waals surface area contributed by atoms with Crippen LogP contribution in [0.15, 0.2) is 140 Å². The number of fused-ring (bicyclic) bond motifs is 8. The van der Waals surface area contributed by atoms with Crippen LogP contribution in [0.5, 0.6) is 11.5 Å². The highest BCUT2D eigenvalue weighted by Gasteiger charge is 2.54. The van der Waals surface area contributed by atoms with Crippen molar-refractivity contribution < 1.29 is 4.74 Å². The highest BCUT2D eigenvalue weighted by molar-refractivity contribution is 6.14. The van der Waals surface area contributed by atoms with E-state index in [1.54, 1.807) is 0 Å². The summed E-state index contributed by atoms with van der Waals surface area (Å²) in [7, 11) is 0. The molecule has 0 spiro atoms. The topological polar surface area (TPSA) is 17.4 Å². The predicted octanol–water partition coefficient (Wildman–Crippen LogP) is 13.0. The van der Waals surface area contributed by atoms with Gasteiger partial charge in [-0.25, -0.2) is 0 Å². The van der Waals surface area contributed by atoms with Crippen molar-refractivity contribution in [3.05, 3.63) is 140 Å². The zero-order chi connectivity index (χ0) is 33.3. The van der Waals surface area contributed by atoms with E-state index in [4.69, 9.17) is 4.74 Å². The van der Waals surface area contributed by atoms with Gasteiger partial charge in [0, 0.05) is 33.2 Å². The first-order valence-corrected chi connectivity index (χ1v) is 18.8. The van der Waals surface area contributed by atoms with Crippen molar-refractivity contribution in [2.24, 2.45) is 17.8 Å². The maximum atomic E-state index is 6.82. The average Bonchev–Trinajstić information content (AvgIpc) is 3.50. The van der Waals surface area contributed by atoms with Gasteiger partial charge < -0.3 is 14.2 Å². The molecule has 1 aromatic heterocycles. The molecule has 0 N–H and O–H groups in total. The average molecular weight is 659 g/mol. The second kappa shape index (κ2) is 10.3. The highest BCUT2D eigenvalue weighted by atomic mass is 16.5. The molecule has 3 heteroatoms. The lowest BCUT2D eigenvalue weighted by Crippen LogP contribution is -2.58. The number of hydrogen-bond donors (Lipinski definition) is 0. The van der Waals surface area contributed by atoms with Crippen LogP contribution in [-0.2, 0) is 0 Å². The van der Waals surface area contributed by atoms with Gasteiger partial charge in [0.2, 0.25) is 0 Å². The van der Waals surface area contributed by atoms with Gasteiger partial charge in [0.1, 0.15) is 0 Å². The monoisotopic (exact) mass is 658 g/mol. The van der Waals surface area contributed by atoms with Crippen LogP contribution in [-0.4, -0.2) is 10.1 Å². The molecule has 4 bridgehead atoms. The Kier molecular flexibility index (Phi) is 5.67. The third kappa shape index (κ3) is 4.01. The van der Waals surface area contributed by atoms with Crippen molar-refractivity contribution in [1.29, 1.82) is 0 Å². The van der Waals surface area contributed by atoms with Crippen LogP contribution in [0.4, 0.5) is 11.4 Å². The number of benzene rings is 7. The van der Waals surface area contributed by atoms with Crippen molar-refractivity contribution in [1.82, 2.24) is 4.57 Å². The summed E-state index contributed by atoms with van der Waals surface area (Å²) >= 11 is 0. The van der Waals surface area contributed by atoms with Gasteiger partial charge in [-0.05, 0) is 132 Å². The van der Waals surface area contributed by atoms with Crippen LogP contribution in [0, 0.1) is 17.8 Å². The van der Waals surface area contributed by atoms with E-state index in [-0.39, 0.29) is 5.54 Å². The van der Waals surface area contributed by atoms with Gasteiger partial charge in [0.05, 0.1) is 16.7 Å². The van der Waals surface area contributed by atoms with Crippen LogP contribution in [0.2, 0.25) is 0 Å². The molecule has 8 aromatic rings. The van der Waals surface area contributed by atoms with Crippen molar-refractivity contribution in [2.45, 2.75) is 44.1 Å². The van der Waals surface area contributed by atoms with E-state index in [0.717, 1.165) is 46.0 Å². The molecule has 0 saturated heterocycles. The highest BCUT2D eigenvalue weighted by Crippen LogP contribution is 2.60. The van der Waals surface area contributed by atoms with E-state index in [1.807, 2.05) is 0 Å². The Morgan fingerprint density at radius 2 is 1.20 bits per heavy atom. The first kappa shape index (κ1) is 28.2. The maximum absolute atomic E-state index is 6.82. The smallest absolute Gasteiger partial charge is 0.160 e. The fourth-order valence-electron chi connectivity index (χ4n) is 11.4. The molecule has 1 aliphatic heterocycles. The lowest BCUT2D eigenvalue weighted by Gasteiger charge is -2.61. The normalized spacial score (nSPS) is 22.9. The molecule has 4 saturated carbocycles. The Labute approximate surface area is 297 Å². The maximum Gasteiger partial charge on any atom is 0.160 e. The quantitative estimate of drug-likeness (QED) is 0.175. The molecule has 51 heavy (non-hydrogen) atoms. The molecule has 0 atom stereocenters. The van der Waals surface area contributed by atoms with E-state index in [0.29, 0.717) is 0 Å². The van der Waals surface area contributed by atoms with Gasteiger partial charge in [0.15, 0.2) is 11.5 Å². The SMILES string of the molecule is c1ccc2c(c1)Oc1c(-c3ccc(N(c4ccc5c(ccc6ccccc65)c4)C45CC6CC(CC(C6)C4)C5)cc3)ccc3c4ccccc4n-2c13. The molecule has 13 rings (SSSR count). The second-order valence-electron chi connectivity index (χ2n) is 16.0. The predicted molar refractivity (Wildman–Crippen MR) is 211 cm³/mol. The minimum absolute atomic E-state index is 0.166. The molecule has 0 unspecified atom stereocenters. The summed E-state index contributed by atoms with van der Waals surface area (Å²) in [5.41, 5.74) is 8.57. The number of anilines is 2. The zero-order valence-electron chi connectivity index (χ0n) is 28.6. The summed E-state index contributed by atoms with van der Waals surface area (Å²) in [6.45, 7) is 0. The first-order chi connectivity index (χ1) is 25.2. The summed E-state index contributed by atoms with van der Waals surface area (Å²) < 4.78 is 9.21. The summed E-state index contributed by atoms with van der Waals surface area (Å²) in [6, 6.07) is 51.8. The van der Waals surface area contributed by atoms with Crippen LogP contribution < -0.4 is 9.64 Å². The third-order valence-corrected chi connectivity index (χ3v) is 13.0. The zero-order valence-corrected chi connectivity index (χ0v) is 28.6. The molecule has 7 aromatic carbocycles. The van der Waals surface area contributed by atoms with Gasteiger partial charge in [0.25, 0.3) is 0 Å². The number of hydrogen-bond acceptors (Lipinski definition) is 2. The standard InChI is InChI=1S/C48H38N2O/c1-2-8-38-33(7-1)13-14-35-26-37(19-20-39(35)38)50(48-27-30-23-31(28-48)25-32(24-30)29-48)36-17-15-34(16-18-36)40-21-22-42-41-9-3-4-10-43(41)49-44-11-5-6-12-45(44)51-47(40)46(42)49/h1-22,26,30-32H,23-25,27-29H2. The number of rotatable bonds is 4. The molecule has 3 nitrogen and oxygen atoms in total. The van der Waals surface area contributed by atoms with Gasteiger partial charge >= 0.3 is 0 Å². The third-order valence-electron chi connectivity index (χ3n) is 13.0. The number of aromatic nitrogens is 1. The lowest BCUT2D eigenvalue weighted by molar-refractivity contribution is 0.000565. The Hall–Kier alpha value is -5.54. The van der Waals surface area contributed by atoms with Gasteiger partial charge in [-0.15, -0.1) is 0 Å². The first-order valence-electron chi connectivity index (χ1n) is 18.8. The van der Waals surface area contributed by atoms with Crippen LogP contribution in [0.3, 0.4) is 0 Å². The summed E-state index contributed by atoms with van der Waals surface area (Å²) in [6.07, 6.45) is 8.20. The lowest BCUT2D eigenvalue weighted by atomic mass is 9.52. The molecule has 2 heterocycles. The molecule has 246 valence electrons. The summed E-state index contributed by atoms with van der Waals surface area (Å²) in [5.74, 6) is 4.40. The second-order valence-corrected chi connectivity index (χ2v) is 16.0. The van der Waals surface area contributed by atoms with E-state index in [9.17, 15) is 0 Å². The fourth-order valence-corrected chi connectivity index (χ4v) is 11.4. The van der Waals surface area contributed by atoms with Crippen molar-refractivity contribution in [3.63, 3.8) is 0 Å². The van der Waals surface area contributed by atoms with Gasteiger partial charge in [-0.1, -0.05) is 91.0 Å². The Morgan fingerprint density at radius 1 is 0.549 bits per heavy atom. The van der Waals surface area contributed by atoms with Crippen LogP contribution in [0.25, 0.3) is 60.2 Å². The number of para-hydroxylation sites is 3. The Bertz CT molecular complexity index is 2680. The van der Waals surface area contributed by atoms with E-state index in [1.165, 1.54) is 93.3 Å². The molecular formula is C48H38N2O. The Balaban J connectivity index is 1.01. The fraction of sp³-hybridized carbons (Fsp3) is 0.208. The molecule has 4 aliphatic carbocycles. The van der Waals surface area contributed by atoms with Gasteiger partial charge in [-0.2, -0.15) is 0 Å². The van der Waals surface area contributed by atoms with Crippen molar-refractivity contribution in [3.8, 4) is 28.3 Å². The molecule has 5 aliphatic rings. The number of nitrogens with zero attached hydrogens (tertiary/aromatic N) is 2. The molecule has 4 fully saturated rings. The van der Waals surface area contributed by atoms with Gasteiger partial charge in [-0.3, -0.25) is 0 Å². The molecule has 0 amide bonds. The van der Waals surface area contributed by atoms with Crippen LogP contribution >= 0.6 is 0 Å². The van der Waals surface area contributed by atoms with Crippen molar-refractivity contribution in [2.75, 3.05) is 4.90 Å².